The van der Waals surface area contributed by atoms with Crippen LogP contribution in [-0.4, -0.2) is 0 Å². The smallest absolute Gasteiger partial charge is 0.0150 e. The van der Waals surface area contributed by atoms with Crippen LogP contribution in [-0.2, 0) is 6.42 Å². The van der Waals surface area contributed by atoms with E-state index in [4.69, 9.17) is 0 Å². The zero-order valence-corrected chi connectivity index (χ0v) is 8.98. The predicted molar refractivity (Wildman–Crippen MR) is 63.8 cm³/mol. The minimum Gasteiger partial charge on any atom is -0.0622 e. The summed E-state index contributed by atoms with van der Waals surface area (Å²) in [5, 5.41) is 0. The number of rotatable bonds is 3. The van der Waals surface area contributed by atoms with Crippen LogP contribution in [0.25, 0.3) is 0 Å². The van der Waals surface area contributed by atoms with Gasteiger partial charge in [-0.05, 0) is 29.5 Å². The third-order valence-electron chi connectivity index (χ3n) is 2.70. The van der Waals surface area contributed by atoms with E-state index < -0.39 is 0 Å². The molecule has 1 radical (unpaired) electrons. The second-order valence-electron chi connectivity index (χ2n) is 3.92. The van der Waals surface area contributed by atoms with E-state index in [9.17, 15) is 0 Å². The van der Waals surface area contributed by atoms with Crippen molar-refractivity contribution >= 4 is 0 Å². The first kappa shape index (κ1) is 9.97. The molecule has 0 aliphatic heterocycles. The lowest BCUT2D eigenvalue weighted by molar-refractivity contribution is 0.759. The monoisotopic (exact) mass is 195 g/mol. The van der Waals surface area contributed by atoms with Gasteiger partial charge in [-0.25, -0.2) is 0 Å². The van der Waals surface area contributed by atoms with Gasteiger partial charge in [-0.15, -0.1) is 0 Å². The summed E-state index contributed by atoms with van der Waals surface area (Å²) in [5.74, 6) is 0.571. The molecule has 0 amide bonds. The highest BCUT2D eigenvalue weighted by Gasteiger charge is 2.05. The van der Waals surface area contributed by atoms with Gasteiger partial charge in [0.05, 0.1) is 0 Å². The summed E-state index contributed by atoms with van der Waals surface area (Å²) in [6, 6.07) is 21.9. The van der Waals surface area contributed by atoms with Crippen molar-refractivity contribution in [2.24, 2.45) is 0 Å². The van der Waals surface area contributed by atoms with Crippen molar-refractivity contribution < 1.29 is 0 Å². The van der Waals surface area contributed by atoms with Crippen LogP contribution in [0, 0.1) is 6.07 Å². The van der Waals surface area contributed by atoms with Gasteiger partial charge in [0.2, 0.25) is 0 Å². The Balaban J connectivity index is 2.08. The first-order chi connectivity index (χ1) is 7.36. The van der Waals surface area contributed by atoms with Gasteiger partial charge in [-0.3, -0.25) is 0 Å². The van der Waals surface area contributed by atoms with Crippen molar-refractivity contribution in [2.75, 3.05) is 0 Å². The molecule has 15 heavy (non-hydrogen) atoms. The van der Waals surface area contributed by atoms with Gasteiger partial charge in [-0.1, -0.05) is 61.5 Å². The molecule has 0 bridgehead atoms. The third kappa shape index (κ3) is 2.69. The first-order valence-electron chi connectivity index (χ1n) is 5.36. The van der Waals surface area contributed by atoms with Crippen LogP contribution < -0.4 is 0 Å². The summed E-state index contributed by atoms with van der Waals surface area (Å²) in [5.41, 5.74) is 2.79. The topological polar surface area (TPSA) is 0 Å². The Kier molecular flexibility index (Phi) is 3.18. The maximum absolute atomic E-state index is 3.05. The van der Waals surface area contributed by atoms with Crippen molar-refractivity contribution in [3.63, 3.8) is 0 Å². The van der Waals surface area contributed by atoms with E-state index >= 15 is 0 Å². The number of hydrogen-bond donors (Lipinski definition) is 0. The standard InChI is InChI=1S/C15H15/c1-13(15-10-6-3-7-11-15)12-14-8-4-2-5-9-14/h2,4-11,13H,12H2,1H3/t13-/m0/s1. The molecule has 0 aromatic heterocycles. The molecule has 0 N–H and O–H groups in total. The molecule has 0 heterocycles. The zero-order valence-electron chi connectivity index (χ0n) is 8.98. The van der Waals surface area contributed by atoms with Crippen LogP contribution in [0.2, 0.25) is 0 Å². The number of hydrogen-bond acceptors (Lipinski definition) is 0. The summed E-state index contributed by atoms with van der Waals surface area (Å²) < 4.78 is 0. The summed E-state index contributed by atoms with van der Waals surface area (Å²) in [4.78, 5) is 0. The fraction of sp³-hybridized carbons (Fsp3) is 0.200. The number of benzene rings is 2. The van der Waals surface area contributed by atoms with Gasteiger partial charge in [-0.2, -0.15) is 0 Å². The van der Waals surface area contributed by atoms with Crippen LogP contribution in [0.4, 0.5) is 0 Å². The van der Waals surface area contributed by atoms with Gasteiger partial charge in [0, 0.05) is 0 Å². The van der Waals surface area contributed by atoms with Gasteiger partial charge in [0.15, 0.2) is 0 Å². The van der Waals surface area contributed by atoms with Gasteiger partial charge < -0.3 is 0 Å². The molecule has 2 aromatic carbocycles. The fourth-order valence-electron chi connectivity index (χ4n) is 1.81. The maximum Gasteiger partial charge on any atom is -0.0150 e. The van der Waals surface area contributed by atoms with E-state index in [2.05, 4.69) is 55.5 Å². The van der Waals surface area contributed by atoms with E-state index in [1.54, 1.807) is 0 Å². The second kappa shape index (κ2) is 4.79. The molecule has 0 unspecified atom stereocenters. The molecule has 2 rings (SSSR count). The maximum atomic E-state index is 3.05. The molecule has 75 valence electrons. The van der Waals surface area contributed by atoms with E-state index in [1.807, 2.05) is 12.1 Å². The van der Waals surface area contributed by atoms with E-state index in [1.165, 1.54) is 11.1 Å². The van der Waals surface area contributed by atoms with Crippen molar-refractivity contribution in [2.45, 2.75) is 19.3 Å². The molecule has 2 aromatic rings. The van der Waals surface area contributed by atoms with E-state index in [0.29, 0.717) is 5.92 Å². The molecule has 0 aliphatic carbocycles. The highest BCUT2D eigenvalue weighted by atomic mass is 14.1. The predicted octanol–water partition coefficient (Wildman–Crippen LogP) is 3.83. The minimum absolute atomic E-state index is 0.571. The minimum atomic E-state index is 0.571. The summed E-state index contributed by atoms with van der Waals surface area (Å²) in [6.07, 6.45) is 1.10. The first-order valence-corrected chi connectivity index (χ1v) is 5.36. The lowest BCUT2D eigenvalue weighted by Crippen LogP contribution is -1.97. The molecular formula is C15H15. The van der Waals surface area contributed by atoms with Crippen LogP contribution in [0.5, 0.6) is 0 Å². The Labute approximate surface area is 91.6 Å². The Morgan fingerprint density at radius 3 is 2.33 bits per heavy atom. The third-order valence-corrected chi connectivity index (χ3v) is 2.70. The van der Waals surface area contributed by atoms with E-state index in [-0.39, 0.29) is 0 Å². The van der Waals surface area contributed by atoms with Crippen molar-refractivity contribution in [3.8, 4) is 0 Å². The van der Waals surface area contributed by atoms with Crippen molar-refractivity contribution in [3.05, 3.63) is 71.8 Å². The average Bonchev–Trinajstić information content (AvgIpc) is 2.31. The molecule has 0 saturated heterocycles. The Hall–Kier alpha value is -1.56. The van der Waals surface area contributed by atoms with Gasteiger partial charge in [0.25, 0.3) is 0 Å². The van der Waals surface area contributed by atoms with Crippen LogP contribution in [0.15, 0.2) is 54.6 Å². The lowest BCUT2D eigenvalue weighted by atomic mass is 9.94. The summed E-state index contributed by atoms with van der Waals surface area (Å²) in [6.45, 7) is 2.27. The Morgan fingerprint density at radius 2 is 1.67 bits per heavy atom. The molecule has 0 fully saturated rings. The van der Waals surface area contributed by atoms with Crippen LogP contribution in [0.3, 0.4) is 0 Å². The van der Waals surface area contributed by atoms with Crippen molar-refractivity contribution in [1.82, 2.24) is 0 Å². The van der Waals surface area contributed by atoms with Gasteiger partial charge in [0.1, 0.15) is 0 Å². The highest BCUT2D eigenvalue weighted by molar-refractivity contribution is 5.23. The van der Waals surface area contributed by atoms with Crippen molar-refractivity contribution in [1.29, 1.82) is 0 Å². The van der Waals surface area contributed by atoms with Crippen LogP contribution >= 0.6 is 0 Å². The molecule has 0 spiro atoms. The second-order valence-corrected chi connectivity index (χ2v) is 3.92. The molecule has 0 saturated carbocycles. The lowest BCUT2D eigenvalue weighted by Gasteiger charge is -2.11. The summed E-state index contributed by atoms with van der Waals surface area (Å²) >= 11 is 0. The fourth-order valence-corrected chi connectivity index (χ4v) is 1.81. The average molecular weight is 195 g/mol. The largest absolute Gasteiger partial charge is 0.0622 e. The Morgan fingerprint density at radius 1 is 1.00 bits per heavy atom. The molecule has 0 aliphatic rings. The highest BCUT2D eigenvalue weighted by Crippen LogP contribution is 2.19. The Bertz CT molecular complexity index is 389. The van der Waals surface area contributed by atoms with E-state index in [0.717, 1.165) is 6.42 Å². The molecule has 0 heteroatoms. The quantitative estimate of drug-likeness (QED) is 0.698. The molecule has 1 atom stereocenters. The van der Waals surface area contributed by atoms with Crippen LogP contribution in [0.1, 0.15) is 24.0 Å². The summed E-state index contributed by atoms with van der Waals surface area (Å²) in [7, 11) is 0. The normalized spacial score (nSPS) is 12.3. The molecule has 0 nitrogen and oxygen atoms in total. The SMILES string of the molecule is C[C@@H](Cc1ccccc1)c1cc[c]cc1. The van der Waals surface area contributed by atoms with Gasteiger partial charge >= 0.3 is 0 Å². The zero-order chi connectivity index (χ0) is 10.5. The molecular weight excluding hydrogens is 180 g/mol.